The maximum absolute atomic E-state index is 13.0. The number of ether oxygens (including phenoxy) is 2. The number of rotatable bonds is 12. The highest BCUT2D eigenvalue weighted by molar-refractivity contribution is 5.88. The molecule has 3 N–H and O–H groups in total. The monoisotopic (exact) mass is 542 g/mol. The number of nitrogens with zero attached hydrogens (tertiary/aromatic N) is 1. The lowest BCUT2D eigenvalue weighted by Gasteiger charge is -2.28. The summed E-state index contributed by atoms with van der Waals surface area (Å²) in [5.41, 5.74) is 3.56. The lowest BCUT2D eigenvalue weighted by atomic mass is 10.0. The molecular weight excluding hydrogens is 508 g/mol. The quantitative estimate of drug-likeness (QED) is 0.247. The smallest absolute Gasteiger partial charge is 0.258 e. The zero-order valence-electron chi connectivity index (χ0n) is 22.9. The molecule has 1 unspecified atom stereocenters. The summed E-state index contributed by atoms with van der Waals surface area (Å²) in [4.78, 5) is 41.9. The van der Waals surface area contributed by atoms with Crippen molar-refractivity contribution in [3.63, 3.8) is 0 Å². The van der Waals surface area contributed by atoms with E-state index in [1.54, 1.807) is 36.3 Å². The van der Waals surface area contributed by atoms with Gasteiger partial charge >= 0.3 is 0 Å². The molecule has 3 aromatic carbocycles. The van der Waals surface area contributed by atoms with Gasteiger partial charge in [-0.25, -0.2) is 0 Å². The van der Waals surface area contributed by atoms with Crippen LogP contribution in [-0.4, -0.2) is 53.9 Å². The Morgan fingerprint density at radius 2 is 1.65 bits per heavy atom. The number of methoxy groups -OCH3 is 1. The minimum absolute atomic E-state index is 0.111. The lowest BCUT2D eigenvalue weighted by Crippen LogP contribution is -2.47. The number of amides is 3. The van der Waals surface area contributed by atoms with Gasteiger partial charge in [-0.15, -0.1) is 0 Å². The molecule has 4 aromatic rings. The molecule has 4 rings (SSSR count). The van der Waals surface area contributed by atoms with Crippen molar-refractivity contribution in [2.24, 2.45) is 0 Å². The van der Waals surface area contributed by atoms with E-state index >= 15 is 0 Å². The second-order valence-corrected chi connectivity index (χ2v) is 9.53. The van der Waals surface area contributed by atoms with Gasteiger partial charge in [0.2, 0.25) is 11.8 Å². The van der Waals surface area contributed by atoms with Gasteiger partial charge in [0.1, 0.15) is 11.5 Å². The van der Waals surface area contributed by atoms with Crippen LogP contribution in [0.25, 0.3) is 10.9 Å². The van der Waals surface area contributed by atoms with Gasteiger partial charge in [0.25, 0.3) is 5.91 Å². The number of hydrogen-bond acceptors (Lipinski definition) is 5. The Morgan fingerprint density at radius 1 is 0.925 bits per heavy atom. The van der Waals surface area contributed by atoms with E-state index in [2.05, 4.69) is 15.6 Å². The number of para-hydroxylation sites is 2. The van der Waals surface area contributed by atoms with Crippen LogP contribution in [0, 0.1) is 0 Å². The van der Waals surface area contributed by atoms with Crippen LogP contribution in [0.2, 0.25) is 0 Å². The highest BCUT2D eigenvalue weighted by Crippen LogP contribution is 2.22. The van der Waals surface area contributed by atoms with Crippen LogP contribution in [0.5, 0.6) is 11.5 Å². The van der Waals surface area contributed by atoms with Crippen LogP contribution < -0.4 is 20.1 Å². The number of benzene rings is 3. The van der Waals surface area contributed by atoms with Gasteiger partial charge in [-0.1, -0.05) is 36.4 Å². The maximum Gasteiger partial charge on any atom is 0.258 e. The Hall–Kier alpha value is -4.79. The highest BCUT2D eigenvalue weighted by atomic mass is 16.5. The summed E-state index contributed by atoms with van der Waals surface area (Å²) in [7, 11) is 1.60. The molecule has 0 fully saturated rings. The first-order valence-electron chi connectivity index (χ1n) is 13.0. The summed E-state index contributed by atoms with van der Waals surface area (Å²) in [5, 5.41) is 6.83. The molecule has 3 amide bonds. The van der Waals surface area contributed by atoms with Gasteiger partial charge < -0.3 is 30.0 Å². The number of hydrogen-bond donors (Lipinski definition) is 3. The van der Waals surface area contributed by atoms with E-state index in [4.69, 9.17) is 9.47 Å². The van der Waals surface area contributed by atoms with Gasteiger partial charge in [-0.05, 0) is 48.4 Å². The molecule has 1 atom stereocenters. The Kier molecular flexibility index (Phi) is 9.40. The van der Waals surface area contributed by atoms with Crippen molar-refractivity contribution in [2.75, 3.05) is 25.6 Å². The van der Waals surface area contributed by atoms with Crippen LogP contribution >= 0.6 is 0 Å². The first-order chi connectivity index (χ1) is 19.3. The van der Waals surface area contributed by atoms with E-state index in [1.165, 1.54) is 13.8 Å². The van der Waals surface area contributed by atoms with Crippen molar-refractivity contribution in [1.29, 1.82) is 0 Å². The molecule has 0 radical (unpaired) electrons. The third-order valence-electron chi connectivity index (χ3n) is 6.49. The SMILES string of the molecule is COc1ccccc1CN(CC(Cc1c[nH]c2ccccc12)NC(=O)COc1ccc(NC(C)=O)cc1)C(C)=O. The minimum Gasteiger partial charge on any atom is -0.496 e. The number of aromatic amines is 1. The summed E-state index contributed by atoms with van der Waals surface area (Å²) in [6.45, 7) is 3.40. The van der Waals surface area contributed by atoms with E-state index in [-0.39, 0.29) is 30.4 Å². The van der Waals surface area contributed by atoms with Crippen molar-refractivity contribution >= 4 is 34.3 Å². The summed E-state index contributed by atoms with van der Waals surface area (Å²) >= 11 is 0. The van der Waals surface area contributed by atoms with Gasteiger partial charge in [-0.2, -0.15) is 0 Å². The van der Waals surface area contributed by atoms with Gasteiger partial charge in [0.15, 0.2) is 6.61 Å². The molecule has 0 bridgehead atoms. The maximum atomic E-state index is 13.0. The fourth-order valence-electron chi connectivity index (χ4n) is 4.59. The summed E-state index contributed by atoms with van der Waals surface area (Å²) < 4.78 is 11.2. The Bertz CT molecular complexity index is 1460. The van der Waals surface area contributed by atoms with Gasteiger partial charge in [0.05, 0.1) is 13.2 Å². The summed E-state index contributed by atoms with van der Waals surface area (Å²) in [6.07, 6.45) is 2.45. The fourth-order valence-corrected chi connectivity index (χ4v) is 4.59. The molecule has 40 heavy (non-hydrogen) atoms. The third kappa shape index (κ3) is 7.63. The summed E-state index contributed by atoms with van der Waals surface area (Å²) in [6, 6.07) is 22.0. The zero-order valence-corrected chi connectivity index (χ0v) is 22.9. The molecule has 208 valence electrons. The fraction of sp³-hybridized carbons (Fsp3) is 0.258. The Labute approximate surface area is 233 Å². The predicted molar refractivity (Wildman–Crippen MR) is 154 cm³/mol. The first-order valence-corrected chi connectivity index (χ1v) is 13.0. The van der Waals surface area contributed by atoms with Crippen molar-refractivity contribution < 1.29 is 23.9 Å². The van der Waals surface area contributed by atoms with E-state index < -0.39 is 0 Å². The van der Waals surface area contributed by atoms with Crippen LogP contribution in [0.1, 0.15) is 25.0 Å². The average Bonchev–Trinajstić information content (AvgIpc) is 3.34. The van der Waals surface area contributed by atoms with E-state index in [1.807, 2.05) is 54.7 Å². The number of nitrogens with one attached hydrogen (secondary N) is 3. The number of anilines is 1. The van der Waals surface area contributed by atoms with E-state index in [9.17, 15) is 14.4 Å². The van der Waals surface area contributed by atoms with Gasteiger partial charge in [-0.3, -0.25) is 14.4 Å². The third-order valence-corrected chi connectivity index (χ3v) is 6.49. The van der Waals surface area contributed by atoms with Crippen molar-refractivity contribution in [3.05, 3.63) is 90.1 Å². The summed E-state index contributed by atoms with van der Waals surface area (Å²) in [5.74, 6) is 0.610. The number of carbonyl (C=O) groups is 3. The number of aromatic nitrogens is 1. The predicted octanol–water partition coefficient (Wildman–Crippen LogP) is 4.29. The van der Waals surface area contributed by atoms with Crippen LogP contribution in [-0.2, 0) is 27.3 Å². The highest BCUT2D eigenvalue weighted by Gasteiger charge is 2.22. The molecule has 0 aliphatic carbocycles. The number of H-pyrrole nitrogens is 1. The Balaban J connectivity index is 1.48. The minimum atomic E-state index is -0.379. The molecule has 0 saturated carbocycles. The average molecular weight is 543 g/mol. The second kappa shape index (κ2) is 13.3. The topological polar surface area (TPSA) is 113 Å². The van der Waals surface area contributed by atoms with E-state index in [0.717, 1.165) is 22.0 Å². The molecule has 0 saturated heterocycles. The lowest BCUT2D eigenvalue weighted by molar-refractivity contribution is -0.131. The number of carbonyl (C=O) groups excluding carboxylic acids is 3. The van der Waals surface area contributed by atoms with Crippen LogP contribution in [0.4, 0.5) is 5.69 Å². The molecule has 0 aliphatic heterocycles. The molecule has 9 nitrogen and oxygen atoms in total. The Morgan fingerprint density at radius 3 is 2.38 bits per heavy atom. The van der Waals surface area contributed by atoms with Crippen molar-refractivity contribution in [2.45, 2.75) is 32.9 Å². The normalized spacial score (nSPS) is 11.5. The number of fused-ring (bicyclic) bond motifs is 1. The van der Waals surface area contributed by atoms with Crippen LogP contribution in [0.3, 0.4) is 0 Å². The standard InChI is InChI=1S/C31H34N4O5/c1-21(36)33-25-12-14-27(15-13-25)40-20-31(38)34-26(16-24-17-32-29-10-6-5-9-28(24)29)19-35(22(2)37)18-23-8-4-7-11-30(23)39-3/h4-15,17,26,32H,16,18-20H2,1-3H3,(H,33,36)(H,34,38). The van der Waals surface area contributed by atoms with Crippen molar-refractivity contribution in [3.8, 4) is 11.5 Å². The molecule has 1 heterocycles. The molecular formula is C31H34N4O5. The molecule has 0 aliphatic rings. The second-order valence-electron chi connectivity index (χ2n) is 9.53. The van der Waals surface area contributed by atoms with Crippen LogP contribution in [0.15, 0.2) is 79.0 Å². The largest absolute Gasteiger partial charge is 0.496 e. The molecule has 0 spiro atoms. The van der Waals surface area contributed by atoms with Crippen molar-refractivity contribution in [1.82, 2.24) is 15.2 Å². The molecule has 9 heteroatoms. The molecule has 1 aromatic heterocycles. The van der Waals surface area contributed by atoms with Gasteiger partial charge in [0, 0.05) is 55.3 Å². The van der Waals surface area contributed by atoms with E-state index in [0.29, 0.717) is 36.7 Å². The first kappa shape index (κ1) is 28.2. The zero-order chi connectivity index (χ0) is 28.5.